The van der Waals surface area contributed by atoms with Gasteiger partial charge in [-0.1, -0.05) is 12.1 Å². The minimum atomic E-state index is -0.118. The highest BCUT2D eigenvalue weighted by Crippen LogP contribution is 2.36. The summed E-state index contributed by atoms with van der Waals surface area (Å²) in [4.78, 5) is 12.3. The van der Waals surface area contributed by atoms with Crippen LogP contribution in [0.1, 0.15) is 19.4 Å². The first-order valence-electron chi connectivity index (χ1n) is 7.76. The van der Waals surface area contributed by atoms with Crippen molar-refractivity contribution in [2.24, 2.45) is 0 Å². The van der Waals surface area contributed by atoms with E-state index in [-0.39, 0.29) is 12.3 Å². The molecule has 0 aliphatic rings. The van der Waals surface area contributed by atoms with E-state index in [9.17, 15) is 4.79 Å². The van der Waals surface area contributed by atoms with Crippen LogP contribution in [0.4, 0.5) is 11.4 Å². The number of hydrogen-bond acceptors (Lipinski definition) is 4. The van der Waals surface area contributed by atoms with Gasteiger partial charge in [-0.25, -0.2) is 0 Å². The third kappa shape index (κ3) is 4.89. The number of amides is 1. The number of carbonyl (C=O) groups excluding carboxylic acids is 1. The van der Waals surface area contributed by atoms with Crippen LogP contribution in [-0.2, 0) is 11.2 Å². The number of halogens is 1. The van der Waals surface area contributed by atoms with E-state index in [1.54, 1.807) is 24.3 Å². The molecule has 0 atom stereocenters. The lowest BCUT2D eigenvalue weighted by atomic mass is 10.1. The molecule has 2 aromatic rings. The molecule has 0 fully saturated rings. The third-order valence-electron chi connectivity index (χ3n) is 3.25. The molecule has 5 nitrogen and oxygen atoms in total. The van der Waals surface area contributed by atoms with Gasteiger partial charge < -0.3 is 20.5 Å². The van der Waals surface area contributed by atoms with Gasteiger partial charge in [0.05, 0.1) is 25.3 Å². The van der Waals surface area contributed by atoms with Gasteiger partial charge >= 0.3 is 0 Å². The molecule has 0 unspecified atom stereocenters. The van der Waals surface area contributed by atoms with Gasteiger partial charge in [-0.2, -0.15) is 0 Å². The second-order valence-corrected chi connectivity index (χ2v) is 5.97. The molecule has 128 valence electrons. The Morgan fingerprint density at radius 1 is 1.08 bits per heavy atom. The molecule has 2 rings (SSSR count). The fourth-order valence-electron chi connectivity index (χ4n) is 2.18. The first kappa shape index (κ1) is 18.1. The standard InChI is InChI=1S/C18H21BrN2O3/c1-3-23-16-10-14(19)15(11-17(16)24-4-2)21-18(22)9-12-5-7-13(20)8-6-12/h5-8,10-11H,3-4,9,20H2,1-2H3,(H,21,22). The molecule has 6 heteroatoms. The van der Waals surface area contributed by atoms with Gasteiger partial charge in [-0.05, 0) is 47.5 Å². The van der Waals surface area contributed by atoms with Gasteiger partial charge in [0.1, 0.15) is 0 Å². The fraction of sp³-hybridized carbons (Fsp3) is 0.278. The van der Waals surface area contributed by atoms with Crippen LogP contribution in [0, 0.1) is 0 Å². The number of carbonyl (C=O) groups is 1. The minimum absolute atomic E-state index is 0.118. The zero-order valence-electron chi connectivity index (χ0n) is 13.8. The zero-order chi connectivity index (χ0) is 17.5. The molecule has 2 aromatic carbocycles. The van der Waals surface area contributed by atoms with Crippen molar-refractivity contribution >= 4 is 33.2 Å². The average molecular weight is 393 g/mol. The van der Waals surface area contributed by atoms with Crippen molar-refractivity contribution in [3.05, 3.63) is 46.4 Å². The van der Waals surface area contributed by atoms with Crippen molar-refractivity contribution in [2.75, 3.05) is 24.3 Å². The van der Waals surface area contributed by atoms with Crippen LogP contribution < -0.4 is 20.5 Å². The van der Waals surface area contributed by atoms with E-state index in [1.807, 2.05) is 26.0 Å². The van der Waals surface area contributed by atoms with Crippen LogP contribution in [0.5, 0.6) is 11.5 Å². The summed E-state index contributed by atoms with van der Waals surface area (Å²) < 4.78 is 11.9. The van der Waals surface area contributed by atoms with E-state index >= 15 is 0 Å². The first-order chi connectivity index (χ1) is 11.5. The molecule has 0 aliphatic carbocycles. The molecule has 0 saturated carbocycles. The predicted molar refractivity (Wildman–Crippen MR) is 99.7 cm³/mol. The van der Waals surface area contributed by atoms with E-state index in [4.69, 9.17) is 15.2 Å². The second kappa shape index (κ2) is 8.59. The molecule has 1 amide bonds. The van der Waals surface area contributed by atoms with Crippen molar-refractivity contribution in [3.8, 4) is 11.5 Å². The summed E-state index contributed by atoms with van der Waals surface area (Å²) in [6.07, 6.45) is 0.268. The van der Waals surface area contributed by atoms with Crippen LogP contribution in [0.3, 0.4) is 0 Å². The van der Waals surface area contributed by atoms with E-state index in [0.29, 0.717) is 36.1 Å². The van der Waals surface area contributed by atoms with Crippen molar-refractivity contribution in [1.29, 1.82) is 0 Å². The summed E-state index contributed by atoms with van der Waals surface area (Å²) in [7, 11) is 0. The van der Waals surface area contributed by atoms with Crippen LogP contribution in [-0.4, -0.2) is 19.1 Å². The van der Waals surface area contributed by atoms with Crippen molar-refractivity contribution in [2.45, 2.75) is 20.3 Å². The zero-order valence-corrected chi connectivity index (χ0v) is 15.4. The highest BCUT2D eigenvalue weighted by atomic mass is 79.9. The SMILES string of the molecule is CCOc1cc(Br)c(NC(=O)Cc2ccc(N)cc2)cc1OCC. The van der Waals surface area contributed by atoms with Gasteiger partial charge in [0, 0.05) is 22.3 Å². The summed E-state index contributed by atoms with van der Waals surface area (Å²) in [5.74, 6) is 1.13. The Balaban J connectivity index is 2.14. The molecular formula is C18H21BrN2O3. The van der Waals surface area contributed by atoms with E-state index in [1.165, 1.54) is 0 Å². The topological polar surface area (TPSA) is 73.6 Å². The number of anilines is 2. The Hall–Kier alpha value is -2.21. The molecule has 3 N–H and O–H groups in total. The van der Waals surface area contributed by atoms with E-state index < -0.39 is 0 Å². The number of ether oxygens (including phenoxy) is 2. The Labute approximate surface area is 150 Å². The molecular weight excluding hydrogens is 372 g/mol. The number of nitrogens with one attached hydrogen (secondary N) is 1. The summed E-state index contributed by atoms with van der Waals surface area (Å²) in [6, 6.07) is 10.8. The van der Waals surface area contributed by atoms with Crippen molar-refractivity contribution in [3.63, 3.8) is 0 Å². The Morgan fingerprint density at radius 3 is 2.25 bits per heavy atom. The Kier molecular flexibility index (Phi) is 6.49. The van der Waals surface area contributed by atoms with Crippen LogP contribution in [0.25, 0.3) is 0 Å². The smallest absolute Gasteiger partial charge is 0.228 e. The molecule has 0 aromatic heterocycles. The summed E-state index contributed by atoms with van der Waals surface area (Å²) in [5, 5.41) is 2.89. The van der Waals surface area contributed by atoms with Crippen molar-refractivity contribution < 1.29 is 14.3 Å². The largest absolute Gasteiger partial charge is 0.490 e. The van der Waals surface area contributed by atoms with Crippen LogP contribution in [0.15, 0.2) is 40.9 Å². The second-order valence-electron chi connectivity index (χ2n) is 5.11. The Morgan fingerprint density at radius 2 is 1.67 bits per heavy atom. The maximum atomic E-state index is 12.3. The van der Waals surface area contributed by atoms with Crippen LogP contribution in [0.2, 0.25) is 0 Å². The molecule has 0 bridgehead atoms. The maximum Gasteiger partial charge on any atom is 0.228 e. The lowest BCUT2D eigenvalue weighted by Crippen LogP contribution is -2.15. The quantitative estimate of drug-likeness (QED) is 0.698. The van der Waals surface area contributed by atoms with Gasteiger partial charge in [0.25, 0.3) is 0 Å². The van der Waals surface area contributed by atoms with E-state index in [2.05, 4.69) is 21.2 Å². The monoisotopic (exact) mass is 392 g/mol. The van der Waals surface area contributed by atoms with Crippen molar-refractivity contribution in [1.82, 2.24) is 0 Å². The molecule has 0 aliphatic heterocycles. The molecule has 0 radical (unpaired) electrons. The van der Waals surface area contributed by atoms with Gasteiger partial charge in [0.15, 0.2) is 11.5 Å². The minimum Gasteiger partial charge on any atom is -0.490 e. The lowest BCUT2D eigenvalue weighted by molar-refractivity contribution is -0.115. The maximum absolute atomic E-state index is 12.3. The van der Waals surface area contributed by atoms with E-state index in [0.717, 1.165) is 10.0 Å². The predicted octanol–water partition coefficient (Wildman–Crippen LogP) is 4.01. The highest BCUT2D eigenvalue weighted by Gasteiger charge is 2.13. The highest BCUT2D eigenvalue weighted by molar-refractivity contribution is 9.10. The third-order valence-corrected chi connectivity index (χ3v) is 3.91. The number of nitrogen functional groups attached to an aromatic ring is 1. The normalized spacial score (nSPS) is 10.3. The molecule has 0 heterocycles. The number of hydrogen-bond donors (Lipinski definition) is 2. The molecule has 0 saturated heterocycles. The Bertz CT molecular complexity index is 702. The van der Waals surface area contributed by atoms with Gasteiger partial charge in [-0.15, -0.1) is 0 Å². The molecule has 24 heavy (non-hydrogen) atoms. The summed E-state index contributed by atoms with van der Waals surface area (Å²) in [5.41, 5.74) is 7.87. The van der Waals surface area contributed by atoms with Gasteiger partial charge in [0.2, 0.25) is 5.91 Å². The number of rotatable bonds is 7. The lowest BCUT2D eigenvalue weighted by Gasteiger charge is -2.15. The van der Waals surface area contributed by atoms with Crippen LogP contribution >= 0.6 is 15.9 Å². The number of benzene rings is 2. The summed E-state index contributed by atoms with van der Waals surface area (Å²) >= 11 is 3.46. The first-order valence-corrected chi connectivity index (χ1v) is 8.56. The summed E-state index contributed by atoms with van der Waals surface area (Å²) in [6.45, 7) is 4.86. The molecule has 0 spiro atoms. The number of nitrogens with two attached hydrogens (primary N) is 1. The van der Waals surface area contributed by atoms with Gasteiger partial charge in [-0.3, -0.25) is 4.79 Å². The fourth-order valence-corrected chi connectivity index (χ4v) is 2.60. The average Bonchev–Trinajstić information content (AvgIpc) is 2.54.